The molecule has 0 aromatic heterocycles. The van der Waals surface area contributed by atoms with E-state index in [2.05, 4.69) is 34.8 Å². The third-order valence-corrected chi connectivity index (χ3v) is 14.6. The molecule has 6 aliphatic rings. The number of amides is 2. The average Bonchev–Trinajstić information content (AvgIpc) is 3.57. The van der Waals surface area contributed by atoms with Crippen LogP contribution < -0.4 is 26.4 Å². The minimum atomic E-state index is -1.52. The number of hydrogen-bond acceptors (Lipinski definition) is 12. The quantitative estimate of drug-likeness (QED) is 0.143. The van der Waals surface area contributed by atoms with Crippen LogP contribution in [-0.4, -0.2) is 100 Å². The number of halogens is 5. The predicted molar refractivity (Wildman–Crippen MR) is 269 cm³/mol. The van der Waals surface area contributed by atoms with Crippen molar-refractivity contribution in [3.05, 3.63) is 108 Å². The molecule has 6 heterocycles. The van der Waals surface area contributed by atoms with Crippen molar-refractivity contribution in [2.24, 2.45) is 21.5 Å². The number of ether oxygens (including phenoxy) is 4. The van der Waals surface area contributed by atoms with Gasteiger partial charge in [0.1, 0.15) is 22.7 Å². The van der Waals surface area contributed by atoms with Gasteiger partial charge in [0.25, 0.3) is 11.8 Å². The van der Waals surface area contributed by atoms with Gasteiger partial charge in [-0.2, -0.15) is 0 Å². The van der Waals surface area contributed by atoms with Crippen molar-refractivity contribution in [1.29, 1.82) is 0 Å². The van der Waals surface area contributed by atoms with Crippen molar-refractivity contribution in [3.8, 4) is 22.6 Å². The Morgan fingerprint density at radius 1 is 0.618 bits per heavy atom. The van der Waals surface area contributed by atoms with Gasteiger partial charge >= 0.3 is 7.12 Å². The van der Waals surface area contributed by atoms with Gasteiger partial charge in [0.2, 0.25) is 0 Å². The fourth-order valence-electron chi connectivity index (χ4n) is 10.5. The fraction of sp³-hybridized carbons (Fsp3) is 0.417. The van der Waals surface area contributed by atoms with Crippen molar-refractivity contribution in [2.75, 3.05) is 27.3 Å². The first-order chi connectivity index (χ1) is 31.8. The van der Waals surface area contributed by atoms with E-state index in [0.717, 1.165) is 27.6 Å². The van der Waals surface area contributed by atoms with E-state index in [9.17, 15) is 9.59 Å². The monoisotopic (exact) mass is 1070 g/mol. The highest BCUT2D eigenvalue weighted by Gasteiger charge is 2.61. The molecule has 0 saturated carbocycles. The summed E-state index contributed by atoms with van der Waals surface area (Å²) in [5.74, 6) is 1.55. The van der Waals surface area contributed by atoms with Gasteiger partial charge in [-0.15, -0.1) is 0 Å². The zero-order valence-electron chi connectivity index (χ0n) is 38.3. The molecule has 2 fully saturated rings. The summed E-state index contributed by atoms with van der Waals surface area (Å²) in [5, 5.41) is 19.3. The molecule has 10 rings (SSSR count). The Balaban J connectivity index is 0.000000154. The van der Waals surface area contributed by atoms with E-state index in [-0.39, 0.29) is 34.9 Å². The van der Waals surface area contributed by atoms with E-state index < -0.39 is 29.4 Å². The SMILES string of the molecule is CN1C(=O)C2(CC3(CCOC(C)(C)C3)Oc3ccc(-c4cc(Cl)cc(Cl)c4)cc32)N=C1N.CN1C(=O)C2(CC3(CCOC(C)(C)C3)Oc3ccc(Br)cc32)N=C1N.OB(O)c1cc(Cl)cc(Cl)c1. The normalized spacial score (nSPS) is 27.3. The van der Waals surface area contributed by atoms with E-state index >= 15 is 0 Å². The Hall–Kier alpha value is -4.10. The maximum atomic E-state index is 13.6. The topological polar surface area (TPSA) is 195 Å². The van der Waals surface area contributed by atoms with Gasteiger partial charge in [0.05, 0.1) is 24.4 Å². The number of likely N-dealkylation sites (N-methyl/N-ethyl adjacent to an activating group) is 2. The second-order valence-electron chi connectivity index (χ2n) is 19.5. The summed E-state index contributed by atoms with van der Waals surface area (Å²) >= 11 is 27.1. The fourth-order valence-corrected chi connectivity index (χ4v) is 11.9. The number of benzene rings is 4. The summed E-state index contributed by atoms with van der Waals surface area (Å²) in [5.41, 5.74) is 11.8. The largest absolute Gasteiger partial charge is 0.488 e. The van der Waals surface area contributed by atoms with Crippen LogP contribution in [0.5, 0.6) is 11.5 Å². The van der Waals surface area contributed by atoms with Gasteiger partial charge in [-0.3, -0.25) is 19.4 Å². The Labute approximate surface area is 424 Å². The minimum Gasteiger partial charge on any atom is -0.487 e. The zero-order valence-corrected chi connectivity index (χ0v) is 42.9. The van der Waals surface area contributed by atoms with Crippen LogP contribution >= 0.6 is 62.3 Å². The lowest BCUT2D eigenvalue weighted by Crippen LogP contribution is -2.57. The average molecular weight is 1070 g/mol. The third kappa shape index (κ3) is 9.69. The van der Waals surface area contributed by atoms with E-state index in [1.54, 1.807) is 20.2 Å². The molecule has 20 heteroatoms. The summed E-state index contributed by atoms with van der Waals surface area (Å²) in [6, 6.07) is 21.3. The lowest BCUT2D eigenvalue weighted by molar-refractivity contribution is -0.156. The number of carbonyl (C=O) groups is 2. The Bertz CT molecular complexity index is 2730. The maximum absolute atomic E-state index is 13.6. The molecule has 2 amide bonds. The number of carbonyl (C=O) groups excluding carboxylic acids is 2. The van der Waals surface area contributed by atoms with Crippen molar-refractivity contribution in [1.82, 2.24) is 9.80 Å². The standard InChI is InChI=1S/C24H25Cl2N3O3.C18H22BrN3O3.C6H5BCl2O2/c1-22(2)12-23(6-7-31-22)13-24(20(30)29(3)21(27)28-24)18-10-14(4-5-19(18)32-23)15-8-16(25)11-17(26)9-15;1-16(2)9-17(6-7-24-16)10-18(14(23)22(3)15(20)21-18)12-8-11(19)4-5-13(12)25-17;8-5-1-4(7(10)11)2-6(9)3-5/h4-5,8-11H,6-7,12-13H2,1-3H3,(H2,27,28);4-5,8H,6-7,9-10H2,1-3H3,(H2,20,21);1-3,10-11H. The molecule has 6 N–H and O–H groups in total. The summed E-state index contributed by atoms with van der Waals surface area (Å²) in [6.07, 6.45) is 3.63. The first-order valence-corrected chi connectivity index (χ1v) is 24.3. The van der Waals surface area contributed by atoms with Crippen LogP contribution in [0.3, 0.4) is 0 Å². The molecule has 4 atom stereocenters. The molecule has 0 bridgehead atoms. The molecule has 4 spiro atoms. The molecule has 360 valence electrons. The molecule has 0 aliphatic carbocycles. The van der Waals surface area contributed by atoms with E-state index in [4.69, 9.17) is 91.9 Å². The van der Waals surface area contributed by atoms with Crippen molar-refractivity contribution >= 4 is 98.6 Å². The van der Waals surface area contributed by atoms with E-state index in [0.29, 0.717) is 87.9 Å². The summed E-state index contributed by atoms with van der Waals surface area (Å²) in [7, 11) is 1.81. The second kappa shape index (κ2) is 18.3. The summed E-state index contributed by atoms with van der Waals surface area (Å²) in [6.45, 7) is 9.36. The van der Waals surface area contributed by atoms with Crippen LogP contribution in [0, 0.1) is 0 Å². The predicted octanol–water partition coefficient (Wildman–Crippen LogP) is 7.97. The molecular weight excluding hydrogens is 1020 g/mol. The molecule has 2 saturated heterocycles. The number of hydrogen-bond donors (Lipinski definition) is 4. The van der Waals surface area contributed by atoms with Crippen LogP contribution in [0.4, 0.5) is 0 Å². The Morgan fingerprint density at radius 3 is 1.46 bits per heavy atom. The molecule has 14 nitrogen and oxygen atoms in total. The van der Waals surface area contributed by atoms with Crippen LogP contribution in [0.25, 0.3) is 11.1 Å². The maximum Gasteiger partial charge on any atom is 0.488 e. The van der Waals surface area contributed by atoms with Gasteiger partial charge in [0.15, 0.2) is 23.0 Å². The van der Waals surface area contributed by atoms with Gasteiger partial charge in [0, 0.05) is 88.3 Å². The zero-order chi connectivity index (χ0) is 49.4. The minimum absolute atomic E-state index is 0.101. The Morgan fingerprint density at radius 2 is 1.04 bits per heavy atom. The van der Waals surface area contributed by atoms with E-state index in [1.807, 2.05) is 62.4 Å². The molecule has 0 radical (unpaired) electrons. The van der Waals surface area contributed by atoms with Gasteiger partial charge < -0.3 is 40.5 Å². The van der Waals surface area contributed by atoms with Crippen LogP contribution in [0.15, 0.2) is 87.3 Å². The van der Waals surface area contributed by atoms with Crippen LogP contribution in [-0.2, 0) is 30.1 Å². The van der Waals surface area contributed by atoms with Gasteiger partial charge in [-0.1, -0.05) is 68.4 Å². The molecule has 4 aromatic carbocycles. The number of aliphatic imine (C=N–C) groups is 2. The second-order valence-corrected chi connectivity index (χ2v) is 22.1. The number of guanidine groups is 2. The van der Waals surface area contributed by atoms with Crippen molar-refractivity contribution < 1.29 is 38.6 Å². The molecule has 4 aromatic rings. The third-order valence-electron chi connectivity index (χ3n) is 13.2. The Kier molecular flexibility index (Phi) is 13.5. The molecular formula is C48H52BBrCl4N6O8. The lowest BCUT2D eigenvalue weighted by atomic mass is 9.70. The van der Waals surface area contributed by atoms with Crippen molar-refractivity contribution in [3.63, 3.8) is 0 Å². The highest BCUT2D eigenvalue weighted by molar-refractivity contribution is 9.10. The highest BCUT2D eigenvalue weighted by atomic mass is 79.9. The molecule has 4 unspecified atom stereocenters. The first kappa shape index (κ1) is 50.3. The van der Waals surface area contributed by atoms with Crippen LogP contribution in [0.2, 0.25) is 20.1 Å². The number of rotatable bonds is 2. The molecule has 68 heavy (non-hydrogen) atoms. The number of nitrogens with zero attached hydrogens (tertiary/aromatic N) is 4. The summed E-state index contributed by atoms with van der Waals surface area (Å²) < 4.78 is 25.8. The first-order valence-electron chi connectivity index (χ1n) is 21.9. The summed E-state index contributed by atoms with van der Waals surface area (Å²) in [4.78, 5) is 39.0. The highest BCUT2D eigenvalue weighted by Crippen LogP contribution is 2.56. The van der Waals surface area contributed by atoms with Crippen molar-refractivity contribution in [2.45, 2.75) is 99.7 Å². The van der Waals surface area contributed by atoms with E-state index in [1.165, 1.54) is 28.0 Å². The molecule has 6 aliphatic heterocycles. The smallest absolute Gasteiger partial charge is 0.487 e. The van der Waals surface area contributed by atoms with Crippen LogP contribution in [0.1, 0.15) is 77.3 Å². The van der Waals surface area contributed by atoms with Gasteiger partial charge in [-0.25, -0.2) is 9.98 Å². The number of fused-ring (bicyclic) bond motifs is 4. The number of nitrogens with two attached hydrogens (primary N) is 2. The lowest BCUT2D eigenvalue weighted by Gasteiger charge is -2.50. The van der Waals surface area contributed by atoms with Gasteiger partial charge in [-0.05, 0) is 111 Å².